The summed E-state index contributed by atoms with van der Waals surface area (Å²) in [5.74, 6) is -1.01. The van der Waals surface area contributed by atoms with Crippen LogP contribution in [0.3, 0.4) is 0 Å². The molecule has 2 aromatic rings. The average molecular weight is 333 g/mol. The largest absolute Gasteiger partial charge is 0.464 e. The Balaban J connectivity index is 2.76. The van der Waals surface area contributed by atoms with E-state index >= 15 is 0 Å². The summed E-state index contributed by atoms with van der Waals surface area (Å²) < 4.78 is 6.09. The Labute approximate surface area is 137 Å². The maximum absolute atomic E-state index is 12.0. The van der Waals surface area contributed by atoms with Gasteiger partial charge in [-0.15, -0.1) is 0 Å². The Hall–Kier alpha value is -2.98. The van der Waals surface area contributed by atoms with Gasteiger partial charge in [-0.3, -0.25) is 4.79 Å². The molecule has 0 radical (unpaired) electrons. The molecule has 2 rings (SSSR count). The van der Waals surface area contributed by atoms with Crippen LogP contribution < -0.4 is 11.1 Å². The van der Waals surface area contributed by atoms with E-state index < -0.39 is 5.97 Å². The van der Waals surface area contributed by atoms with Gasteiger partial charge in [0.15, 0.2) is 5.69 Å². The zero-order valence-electron chi connectivity index (χ0n) is 12.4. The minimum Gasteiger partial charge on any atom is -0.464 e. The molecule has 0 fully saturated rings. The number of anilines is 2. The molecule has 0 aliphatic heterocycles. The fraction of sp³-hybridized carbons (Fsp3) is 0.133. The van der Waals surface area contributed by atoms with Gasteiger partial charge in [0.1, 0.15) is 6.07 Å². The van der Waals surface area contributed by atoms with E-state index in [0.717, 1.165) is 0 Å². The highest BCUT2D eigenvalue weighted by Gasteiger charge is 2.23. The second kappa shape index (κ2) is 6.42. The van der Waals surface area contributed by atoms with Crippen molar-refractivity contribution in [3.63, 3.8) is 0 Å². The number of nitrogens with one attached hydrogen (secondary N) is 1. The molecule has 0 saturated heterocycles. The first-order valence-corrected chi connectivity index (χ1v) is 6.83. The topological polar surface area (TPSA) is 110 Å². The van der Waals surface area contributed by atoms with Crippen LogP contribution in [0.5, 0.6) is 0 Å². The molecule has 0 unspecified atom stereocenters. The van der Waals surface area contributed by atoms with E-state index in [1.54, 1.807) is 18.2 Å². The number of nitrogen functional groups attached to an aromatic ring is 1. The van der Waals surface area contributed by atoms with Gasteiger partial charge in [0.2, 0.25) is 5.91 Å². The highest BCUT2D eigenvalue weighted by atomic mass is 35.5. The molecule has 1 heterocycles. The molecule has 118 valence electrons. The van der Waals surface area contributed by atoms with Crippen LogP contribution in [0, 0.1) is 11.3 Å². The molecule has 0 bridgehead atoms. The summed E-state index contributed by atoms with van der Waals surface area (Å²) >= 11 is 6.01. The van der Waals surface area contributed by atoms with Crippen molar-refractivity contribution in [3.05, 3.63) is 40.7 Å². The molecule has 1 amide bonds. The fourth-order valence-corrected chi connectivity index (χ4v) is 2.27. The smallest absolute Gasteiger partial charge is 0.357 e. The first kappa shape index (κ1) is 16.4. The SMILES string of the molecule is COC(=O)c1c(N)c(C#N)cn1-c1cc(Cl)ccc1NC(C)=O. The van der Waals surface area contributed by atoms with Crippen molar-refractivity contribution in [3.8, 4) is 11.8 Å². The number of nitrogens with zero attached hydrogens (tertiary/aromatic N) is 2. The quantitative estimate of drug-likeness (QED) is 0.838. The summed E-state index contributed by atoms with van der Waals surface area (Å²) in [6.07, 6.45) is 1.39. The van der Waals surface area contributed by atoms with Crippen molar-refractivity contribution in [2.75, 3.05) is 18.2 Å². The van der Waals surface area contributed by atoms with Gasteiger partial charge >= 0.3 is 5.97 Å². The molecule has 3 N–H and O–H groups in total. The van der Waals surface area contributed by atoms with Crippen LogP contribution >= 0.6 is 11.6 Å². The van der Waals surface area contributed by atoms with Gasteiger partial charge in [-0.2, -0.15) is 5.26 Å². The van der Waals surface area contributed by atoms with Gasteiger partial charge in [0, 0.05) is 18.1 Å². The lowest BCUT2D eigenvalue weighted by molar-refractivity contribution is -0.114. The standard InChI is InChI=1S/C15H13ClN4O3/c1-8(21)19-11-4-3-10(16)5-12(11)20-7-9(6-17)13(18)14(20)15(22)23-2/h3-5,7H,18H2,1-2H3,(H,19,21). The molecule has 1 aromatic carbocycles. The normalized spacial score (nSPS) is 10.0. The number of nitrogens with two attached hydrogens (primary N) is 1. The summed E-state index contributed by atoms with van der Waals surface area (Å²) in [4.78, 5) is 23.4. The minimum atomic E-state index is -0.710. The lowest BCUT2D eigenvalue weighted by Crippen LogP contribution is -2.14. The molecule has 0 saturated carbocycles. The number of amides is 1. The molecule has 0 spiro atoms. The molecule has 0 atom stereocenters. The lowest BCUT2D eigenvalue weighted by Gasteiger charge is -2.14. The fourth-order valence-electron chi connectivity index (χ4n) is 2.10. The number of benzene rings is 1. The Morgan fingerprint density at radius 1 is 1.43 bits per heavy atom. The number of carbonyl (C=O) groups excluding carboxylic acids is 2. The van der Waals surface area contributed by atoms with Crippen molar-refractivity contribution in [2.45, 2.75) is 6.92 Å². The van der Waals surface area contributed by atoms with Crippen LogP contribution in [0.4, 0.5) is 11.4 Å². The highest BCUT2D eigenvalue weighted by Crippen LogP contribution is 2.30. The van der Waals surface area contributed by atoms with E-state index in [4.69, 9.17) is 27.3 Å². The van der Waals surface area contributed by atoms with E-state index in [9.17, 15) is 9.59 Å². The van der Waals surface area contributed by atoms with Gasteiger partial charge in [0.05, 0.1) is 29.7 Å². The third kappa shape index (κ3) is 3.12. The molecule has 23 heavy (non-hydrogen) atoms. The Bertz CT molecular complexity index is 836. The third-order valence-corrected chi connectivity index (χ3v) is 3.31. The van der Waals surface area contributed by atoms with Gasteiger partial charge in [0.25, 0.3) is 0 Å². The number of carbonyl (C=O) groups is 2. The van der Waals surface area contributed by atoms with Crippen molar-refractivity contribution >= 4 is 34.9 Å². The van der Waals surface area contributed by atoms with Crippen molar-refractivity contribution < 1.29 is 14.3 Å². The van der Waals surface area contributed by atoms with Gasteiger partial charge in [-0.25, -0.2) is 4.79 Å². The number of methoxy groups -OCH3 is 1. The first-order chi connectivity index (χ1) is 10.9. The number of esters is 1. The van der Waals surface area contributed by atoms with Crippen molar-refractivity contribution in [1.29, 1.82) is 5.26 Å². The van der Waals surface area contributed by atoms with Crippen LogP contribution in [0.15, 0.2) is 24.4 Å². The van der Waals surface area contributed by atoms with E-state index in [1.807, 2.05) is 6.07 Å². The van der Waals surface area contributed by atoms with E-state index in [1.165, 1.54) is 24.8 Å². The zero-order chi connectivity index (χ0) is 17.1. The van der Waals surface area contributed by atoms with E-state index in [-0.39, 0.29) is 22.9 Å². The van der Waals surface area contributed by atoms with E-state index in [2.05, 4.69) is 5.32 Å². The maximum Gasteiger partial charge on any atom is 0.357 e. The van der Waals surface area contributed by atoms with Crippen LogP contribution in [-0.2, 0) is 9.53 Å². The molecule has 1 aromatic heterocycles. The summed E-state index contributed by atoms with van der Waals surface area (Å²) in [6, 6.07) is 6.62. The molecule has 8 heteroatoms. The second-order valence-electron chi connectivity index (χ2n) is 4.62. The predicted octanol–water partition coefficient (Wildman–Crippen LogP) is 2.33. The molecule has 7 nitrogen and oxygen atoms in total. The van der Waals surface area contributed by atoms with Gasteiger partial charge < -0.3 is 20.4 Å². The highest BCUT2D eigenvalue weighted by molar-refractivity contribution is 6.31. The Morgan fingerprint density at radius 3 is 2.70 bits per heavy atom. The van der Waals surface area contributed by atoms with Crippen molar-refractivity contribution in [2.24, 2.45) is 0 Å². The number of nitriles is 1. The molecule has 0 aliphatic rings. The number of rotatable bonds is 3. The van der Waals surface area contributed by atoms with Crippen LogP contribution in [0.2, 0.25) is 5.02 Å². The number of hydrogen-bond donors (Lipinski definition) is 2. The van der Waals surface area contributed by atoms with Crippen LogP contribution in [0.1, 0.15) is 23.0 Å². The number of hydrogen-bond acceptors (Lipinski definition) is 5. The zero-order valence-corrected chi connectivity index (χ0v) is 13.1. The number of ether oxygens (including phenoxy) is 1. The summed E-state index contributed by atoms with van der Waals surface area (Å²) in [5, 5.41) is 12.2. The number of halogens is 1. The Morgan fingerprint density at radius 2 is 2.13 bits per heavy atom. The molecular formula is C15H13ClN4O3. The van der Waals surface area contributed by atoms with Gasteiger partial charge in [-0.1, -0.05) is 11.6 Å². The Kier molecular flexibility index (Phi) is 4.57. The monoisotopic (exact) mass is 332 g/mol. The average Bonchev–Trinajstić information content (AvgIpc) is 2.84. The molecular weight excluding hydrogens is 320 g/mol. The van der Waals surface area contributed by atoms with Gasteiger partial charge in [-0.05, 0) is 18.2 Å². The molecule has 0 aliphatic carbocycles. The third-order valence-electron chi connectivity index (χ3n) is 3.07. The summed E-state index contributed by atoms with van der Waals surface area (Å²) in [6.45, 7) is 1.35. The second-order valence-corrected chi connectivity index (χ2v) is 5.06. The van der Waals surface area contributed by atoms with Crippen LogP contribution in [0.25, 0.3) is 5.69 Å². The maximum atomic E-state index is 12.0. The predicted molar refractivity (Wildman–Crippen MR) is 85.5 cm³/mol. The number of aromatic nitrogens is 1. The lowest BCUT2D eigenvalue weighted by atomic mass is 10.2. The minimum absolute atomic E-state index is 0.00639. The first-order valence-electron chi connectivity index (χ1n) is 6.45. The van der Waals surface area contributed by atoms with E-state index in [0.29, 0.717) is 16.4 Å². The van der Waals surface area contributed by atoms with Crippen molar-refractivity contribution in [1.82, 2.24) is 4.57 Å². The van der Waals surface area contributed by atoms with Crippen LogP contribution in [-0.4, -0.2) is 23.6 Å². The summed E-state index contributed by atoms with van der Waals surface area (Å²) in [5.41, 5.74) is 6.74. The summed E-state index contributed by atoms with van der Waals surface area (Å²) in [7, 11) is 1.21.